The Morgan fingerprint density at radius 1 is 1.33 bits per heavy atom. The van der Waals surface area contributed by atoms with Crippen LogP contribution in [0.15, 0.2) is 29.9 Å². The van der Waals surface area contributed by atoms with Gasteiger partial charge >= 0.3 is 0 Å². The van der Waals surface area contributed by atoms with E-state index in [4.69, 9.17) is 0 Å². The Morgan fingerprint density at radius 3 is 2.61 bits per heavy atom. The largest absolute Gasteiger partial charge is 0.284 e. The average Bonchev–Trinajstić information content (AvgIpc) is 2.77. The minimum atomic E-state index is -3.57. The molecule has 2 heterocycles. The predicted molar refractivity (Wildman–Crippen MR) is 67.7 cm³/mol. The number of sulfonamides is 1. The molecule has 94 valence electrons. The van der Waals surface area contributed by atoms with E-state index >= 15 is 0 Å². The van der Waals surface area contributed by atoms with E-state index in [1.54, 1.807) is 24.5 Å². The molecule has 1 amide bonds. The van der Waals surface area contributed by atoms with Crippen molar-refractivity contribution in [3.8, 4) is 10.6 Å². The summed E-state index contributed by atoms with van der Waals surface area (Å²) in [5, 5.41) is 2.15. The number of rotatable bonds is 3. The fraction of sp³-hybridized carbons (Fsp3) is 0.100. The van der Waals surface area contributed by atoms with Gasteiger partial charge in [0.25, 0.3) is 5.91 Å². The van der Waals surface area contributed by atoms with Crippen molar-refractivity contribution in [1.82, 2.24) is 14.7 Å². The van der Waals surface area contributed by atoms with Crippen LogP contribution in [0.5, 0.6) is 0 Å². The third-order valence-corrected chi connectivity index (χ3v) is 3.39. The van der Waals surface area contributed by atoms with Crippen molar-refractivity contribution >= 4 is 27.3 Å². The van der Waals surface area contributed by atoms with Gasteiger partial charge in [0.1, 0.15) is 10.7 Å². The molecule has 6 nitrogen and oxygen atoms in total. The number of nitrogens with zero attached hydrogens (tertiary/aromatic N) is 2. The summed E-state index contributed by atoms with van der Waals surface area (Å²) < 4.78 is 23.7. The molecule has 0 aromatic carbocycles. The average molecular weight is 283 g/mol. The molecule has 18 heavy (non-hydrogen) atoms. The summed E-state index contributed by atoms with van der Waals surface area (Å²) >= 11 is 1.26. The molecule has 0 spiro atoms. The van der Waals surface area contributed by atoms with Crippen molar-refractivity contribution in [3.63, 3.8) is 0 Å². The standard InChI is InChI=1S/C10H9N3O3S2/c1-18(15,16)13-9(14)8-6-17-10(12-8)7-2-4-11-5-3-7/h2-6H,1H3,(H,13,14). The van der Waals surface area contributed by atoms with E-state index in [2.05, 4.69) is 9.97 Å². The van der Waals surface area contributed by atoms with Crippen molar-refractivity contribution in [2.24, 2.45) is 0 Å². The lowest BCUT2D eigenvalue weighted by Crippen LogP contribution is -2.29. The highest BCUT2D eigenvalue weighted by Gasteiger charge is 2.15. The van der Waals surface area contributed by atoms with Gasteiger partial charge in [0.2, 0.25) is 10.0 Å². The van der Waals surface area contributed by atoms with Crippen molar-refractivity contribution in [2.75, 3.05) is 6.26 Å². The molecule has 0 saturated heterocycles. The third kappa shape index (κ3) is 3.11. The Bertz CT molecular complexity index is 665. The SMILES string of the molecule is CS(=O)(=O)NC(=O)c1csc(-c2ccncc2)n1. The lowest BCUT2D eigenvalue weighted by atomic mass is 10.3. The van der Waals surface area contributed by atoms with E-state index < -0.39 is 15.9 Å². The van der Waals surface area contributed by atoms with Gasteiger partial charge in [0, 0.05) is 23.3 Å². The summed E-state index contributed by atoms with van der Waals surface area (Å²) in [4.78, 5) is 19.5. The van der Waals surface area contributed by atoms with Gasteiger partial charge in [-0.05, 0) is 12.1 Å². The number of hydrogen-bond acceptors (Lipinski definition) is 6. The second-order valence-electron chi connectivity index (χ2n) is 3.48. The van der Waals surface area contributed by atoms with E-state index in [-0.39, 0.29) is 5.69 Å². The smallest absolute Gasteiger partial charge is 0.266 e. The van der Waals surface area contributed by atoms with Gasteiger partial charge < -0.3 is 0 Å². The van der Waals surface area contributed by atoms with Gasteiger partial charge in [0.05, 0.1) is 6.26 Å². The lowest BCUT2D eigenvalue weighted by molar-refractivity contribution is 0.0977. The number of pyridine rings is 1. The van der Waals surface area contributed by atoms with Crippen LogP contribution in [0.25, 0.3) is 10.6 Å². The quantitative estimate of drug-likeness (QED) is 0.903. The fourth-order valence-corrected chi connectivity index (χ4v) is 2.47. The number of carbonyl (C=O) groups is 1. The van der Waals surface area contributed by atoms with Crippen LogP contribution in [0.2, 0.25) is 0 Å². The van der Waals surface area contributed by atoms with E-state index in [9.17, 15) is 13.2 Å². The number of aromatic nitrogens is 2. The molecule has 2 aromatic rings. The molecule has 0 saturated carbocycles. The number of hydrogen-bond donors (Lipinski definition) is 1. The maximum atomic E-state index is 11.5. The molecule has 8 heteroatoms. The number of thiazole rings is 1. The van der Waals surface area contributed by atoms with Gasteiger partial charge in [-0.15, -0.1) is 11.3 Å². The highest BCUT2D eigenvalue weighted by molar-refractivity contribution is 7.89. The molecule has 0 radical (unpaired) electrons. The molecule has 1 N–H and O–H groups in total. The molecular formula is C10H9N3O3S2. The lowest BCUT2D eigenvalue weighted by Gasteiger charge is -1.98. The van der Waals surface area contributed by atoms with Crippen LogP contribution in [0.1, 0.15) is 10.5 Å². The van der Waals surface area contributed by atoms with Crippen molar-refractivity contribution in [1.29, 1.82) is 0 Å². The van der Waals surface area contributed by atoms with Gasteiger partial charge in [-0.2, -0.15) is 0 Å². The van der Waals surface area contributed by atoms with Gasteiger partial charge in [-0.3, -0.25) is 9.78 Å². The van der Waals surface area contributed by atoms with Crippen LogP contribution in [-0.4, -0.2) is 30.5 Å². The minimum Gasteiger partial charge on any atom is -0.266 e. The van der Waals surface area contributed by atoms with Crippen LogP contribution in [0, 0.1) is 0 Å². The second kappa shape index (κ2) is 4.83. The first-order valence-electron chi connectivity index (χ1n) is 4.84. The van der Waals surface area contributed by atoms with E-state index in [0.29, 0.717) is 5.01 Å². The summed E-state index contributed by atoms with van der Waals surface area (Å²) in [6, 6.07) is 3.52. The first-order valence-corrected chi connectivity index (χ1v) is 7.61. The van der Waals surface area contributed by atoms with Gasteiger partial charge in [0.15, 0.2) is 0 Å². The zero-order valence-corrected chi connectivity index (χ0v) is 11.0. The van der Waals surface area contributed by atoms with Crippen LogP contribution < -0.4 is 4.72 Å². The maximum Gasteiger partial charge on any atom is 0.284 e. The Morgan fingerprint density at radius 2 is 2.00 bits per heavy atom. The summed E-state index contributed by atoms with van der Waals surface area (Å²) in [7, 11) is -3.57. The first-order chi connectivity index (χ1) is 8.46. The number of nitrogens with one attached hydrogen (secondary N) is 1. The highest BCUT2D eigenvalue weighted by Crippen LogP contribution is 2.22. The summed E-state index contributed by atoms with van der Waals surface area (Å²) in [5.74, 6) is -0.728. The molecule has 2 aromatic heterocycles. The zero-order valence-electron chi connectivity index (χ0n) is 9.32. The molecule has 0 aliphatic rings. The van der Waals surface area contributed by atoms with Gasteiger partial charge in [-0.1, -0.05) is 0 Å². The van der Waals surface area contributed by atoms with E-state index in [0.717, 1.165) is 11.8 Å². The molecule has 0 aliphatic carbocycles. The fourth-order valence-electron chi connectivity index (χ4n) is 1.23. The molecule has 0 aliphatic heterocycles. The third-order valence-electron chi connectivity index (χ3n) is 1.94. The van der Waals surface area contributed by atoms with Crippen molar-refractivity contribution < 1.29 is 13.2 Å². The van der Waals surface area contributed by atoms with Crippen LogP contribution in [0.3, 0.4) is 0 Å². The Balaban J connectivity index is 2.24. The molecule has 0 bridgehead atoms. The Hall–Kier alpha value is -1.80. The molecule has 0 atom stereocenters. The molecular weight excluding hydrogens is 274 g/mol. The Kier molecular flexibility index (Phi) is 3.39. The molecule has 2 rings (SSSR count). The molecule has 0 fully saturated rings. The zero-order chi connectivity index (χ0) is 13.2. The Labute approximate surface area is 108 Å². The van der Waals surface area contributed by atoms with E-state index in [1.807, 2.05) is 4.72 Å². The highest BCUT2D eigenvalue weighted by atomic mass is 32.2. The summed E-state index contributed by atoms with van der Waals surface area (Å²) in [6.07, 6.45) is 4.15. The van der Waals surface area contributed by atoms with Crippen molar-refractivity contribution in [3.05, 3.63) is 35.6 Å². The minimum absolute atomic E-state index is 0.0808. The summed E-state index contributed by atoms with van der Waals surface area (Å²) in [6.45, 7) is 0. The maximum absolute atomic E-state index is 11.5. The normalized spacial score (nSPS) is 11.2. The van der Waals surface area contributed by atoms with Crippen LogP contribution in [0.4, 0.5) is 0 Å². The first kappa shape index (κ1) is 12.7. The second-order valence-corrected chi connectivity index (χ2v) is 6.08. The monoisotopic (exact) mass is 283 g/mol. The van der Waals surface area contributed by atoms with Gasteiger partial charge in [-0.25, -0.2) is 18.1 Å². The summed E-state index contributed by atoms with van der Waals surface area (Å²) in [5.41, 5.74) is 0.908. The number of carbonyl (C=O) groups excluding carboxylic acids is 1. The van der Waals surface area contributed by atoms with Crippen LogP contribution >= 0.6 is 11.3 Å². The van der Waals surface area contributed by atoms with E-state index in [1.165, 1.54) is 16.7 Å². The molecule has 0 unspecified atom stereocenters. The van der Waals surface area contributed by atoms with Crippen LogP contribution in [-0.2, 0) is 10.0 Å². The van der Waals surface area contributed by atoms with Crippen molar-refractivity contribution in [2.45, 2.75) is 0 Å². The number of amides is 1. The topological polar surface area (TPSA) is 89.0 Å². The predicted octanol–water partition coefficient (Wildman–Crippen LogP) is 0.895.